The van der Waals surface area contributed by atoms with Crippen LogP contribution in [-0.2, 0) is 26.7 Å². The van der Waals surface area contributed by atoms with E-state index in [0.29, 0.717) is 0 Å². The average molecular weight is 429 g/mol. The van der Waals surface area contributed by atoms with Gasteiger partial charge in [0.2, 0.25) is 0 Å². The van der Waals surface area contributed by atoms with Gasteiger partial charge in [-0.15, -0.1) is 0 Å². The third-order valence-electron chi connectivity index (χ3n) is 3.77. The Balaban J connectivity index is 3.20. The Morgan fingerprint density at radius 2 is 1.52 bits per heavy atom. The van der Waals surface area contributed by atoms with Crippen LogP contribution < -0.4 is 5.32 Å². The highest BCUT2D eigenvalue weighted by atomic mass is 19.4. The van der Waals surface area contributed by atoms with Crippen molar-refractivity contribution >= 4 is 17.8 Å². The molecular formula is C17H17F6NO5. The molecule has 2 N–H and O–H groups in total. The number of hydrogen-bond acceptors (Lipinski definition) is 4. The van der Waals surface area contributed by atoms with Gasteiger partial charge in [-0.2, -0.15) is 26.3 Å². The molecular weight excluding hydrogens is 412 g/mol. The number of benzene rings is 1. The molecule has 2 atom stereocenters. The first-order valence-corrected chi connectivity index (χ1v) is 8.15. The Hall–Kier alpha value is -2.79. The highest BCUT2D eigenvalue weighted by Crippen LogP contribution is 2.36. The molecule has 0 heterocycles. The topological polar surface area (TPSA) is 92.7 Å². The molecule has 0 aliphatic rings. The Labute approximate surface area is 160 Å². The number of nitrogens with one attached hydrogen (secondary N) is 1. The molecule has 0 fully saturated rings. The molecule has 162 valence electrons. The highest BCUT2D eigenvalue weighted by molar-refractivity contribution is 5.97. The lowest BCUT2D eigenvalue weighted by Gasteiger charge is -2.21. The lowest BCUT2D eigenvalue weighted by molar-refractivity contribution is -0.146. The van der Waals surface area contributed by atoms with E-state index in [1.807, 2.05) is 5.32 Å². The van der Waals surface area contributed by atoms with E-state index in [1.165, 1.54) is 13.8 Å². The SMILES string of the molecule is CCOC(=O)C[C@@H](C)[C@@H](NC(=O)c1cc(C(F)(F)F)cc(C(F)(F)F)c1)C(=O)O. The van der Waals surface area contributed by atoms with Gasteiger partial charge >= 0.3 is 24.3 Å². The molecule has 1 aromatic rings. The van der Waals surface area contributed by atoms with E-state index in [9.17, 15) is 45.8 Å². The van der Waals surface area contributed by atoms with Gasteiger partial charge < -0.3 is 15.2 Å². The molecule has 0 bridgehead atoms. The van der Waals surface area contributed by atoms with E-state index in [4.69, 9.17) is 0 Å². The fourth-order valence-corrected chi connectivity index (χ4v) is 2.36. The molecule has 1 aromatic carbocycles. The van der Waals surface area contributed by atoms with Crippen LogP contribution in [0.4, 0.5) is 26.3 Å². The molecule has 12 heteroatoms. The van der Waals surface area contributed by atoms with Gasteiger partial charge in [0, 0.05) is 5.56 Å². The number of rotatable bonds is 7. The van der Waals surface area contributed by atoms with Crippen LogP contribution in [0, 0.1) is 5.92 Å². The zero-order chi connectivity index (χ0) is 22.6. The summed E-state index contributed by atoms with van der Waals surface area (Å²) in [6.45, 7) is 2.77. The van der Waals surface area contributed by atoms with Gasteiger partial charge in [-0.3, -0.25) is 9.59 Å². The van der Waals surface area contributed by atoms with Crippen LogP contribution in [0.3, 0.4) is 0 Å². The number of carboxylic acids is 1. The van der Waals surface area contributed by atoms with Gasteiger partial charge in [0.05, 0.1) is 24.2 Å². The second-order valence-corrected chi connectivity index (χ2v) is 6.07. The summed E-state index contributed by atoms with van der Waals surface area (Å²) >= 11 is 0. The standard InChI is InChI=1S/C17H17F6NO5/c1-3-29-12(25)4-8(2)13(15(27)28)24-14(26)9-5-10(16(18,19)20)7-11(6-9)17(21,22)23/h5-8,13H,3-4H2,1-2H3,(H,24,26)(H,27,28)/t8-,13-/m1/s1. The van der Waals surface area contributed by atoms with Crippen molar-refractivity contribution in [2.45, 2.75) is 38.7 Å². The Kier molecular flexibility index (Phi) is 7.64. The molecule has 0 unspecified atom stereocenters. The monoisotopic (exact) mass is 429 g/mol. The molecule has 29 heavy (non-hydrogen) atoms. The van der Waals surface area contributed by atoms with Crippen LogP contribution in [0.1, 0.15) is 41.8 Å². The van der Waals surface area contributed by atoms with E-state index >= 15 is 0 Å². The Morgan fingerprint density at radius 1 is 1.03 bits per heavy atom. The minimum absolute atomic E-state index is 0.0140. The number of carbonyl (C=O) groups is 3. The summed E-state index contributed by atoms with van der Waals surface area (Å²) in [7, 11) is 0. The summed E-state index contributed by atoms with van der Waals surface area (Å²) in [5.74, 6) is -4.93. The van der Waals surface area contributed by atoms with Crippen molar-refractivity contribution in [1.29, 1.82) is 0 Å². The van der Waals surface area contributed by atoms with E-state index in [1.54, 1.807) is 0 Å². The molecule has 0 saturated carbocycles. The average Bonchev–Trinajstić information content (AvgIpc) is 2.57. The number of carboxylic acid groups (broad SMARTS) is 1. The fourth-order valence-electron chi connectivity index (χ4n) is 2.36. The summed E-state index contributed by atoms with van der Waals surface area (Å²) < 4.78 is 82.0. The van der Waals surface area contributed by atoms with E-state index in [2.05, 4.69) is 4.74 Å². The number of alkyl halides is 6. The molecule has 0 saturated heterocycles. The summed E-state index contributed by atoms with van der Waals surface area (Å²) in [6.07, 6.45) is -10.8. The number of ether oxygens (including phenoxy) is 1. The number of aliphatic carboxylic acids is 1. The zero-order valence-electron chi connectivity index (χ0n) is 15.1. The highest BCUT2D eigenvalue weighted by Gasteiger charge is 2.38. The first-order chi connectivity index (χ1) is 13.2. The van der Waals surface area contributed by atoms with Crippen molar-refractivity contribution in [3.05, 3.63) is 34.9 Å². The largest absolute Gasteiger partial charge is 0.480 e. The molecule has 0 radical (unpaired) electrons. The van der Waals surface area contributed by atoms with E-state index in [-0.39, 0.29) is 24.8 Å². The maximum atomic E-state index is 12.9. The molecule has 1 amide bonds. The normalized spacial score (nSPS) is 14.1. The molecule has 6 nitrogen and oxygen atoms in total. The van der Waals surface area contributed by atoms with Crippen LogP contribution in [0.15, 0.2) is 18.2 Å². The van der Waals surface area contributed by atoms with Gasteiger partial charge in [-0.25, -0.2) is 4.79 Å². The number of esters is 1. The number of carbonyl (C=O) groups excluding carboxylic acids is 2. The molecule has 1 rings (SSSR count). The fraction of sp³-hybridized carbons (Fsp3) is 0.471. The van der Waals surface area contributed by atoms with E-state index in [0.717, 1.165) is 0 Å². The van der Waals surface area contributed by atoms with Crippen LogP contribution in [0.25, 0.3) is 0 Å². The minimum Gasteiger partial charge on any atom is -0.480 e. The summed E-state index contributed by atoms with van der Waals surface area (Å²) in [6, 6.07) is -1.55. The summed E-state index contributed by atoms with van der Waals surface area (Å²) in [5.41, 5.74) is -4.46. The van der Waals surface area contributed by atoms with Crippen molar-refractivity contribution in [2.75, 3.05) is 6.61 Å². The second kappa shape index (κ2) is 9.14. The first kappa shape index (κ1) is 24.2. The molecule has 0 aromatic heterocycles. The second-order valence-electron chi connectivity index (χ2n) is 6.07. The third-order valence-corrected chi connectivity index (χ3v) is 3.77. The third kappa shape index (κ3) is 6.95. The smallest absolute Gasteiger partial charge is 0.416 e. The van der Waals surface area contributed by atoms with Crippen molar-refractivity contribution < 1.29 is 50.6 Å². The van der Waals surface area contributed by atoms with Gasteiger partial charge in [0.25, 0.3) is 5.91 Å². The predicted octanol–water partition coefficient (Wildman–Crippen LogP) is 3.50. The lowest BCUT2D eigenvalue weighted by Crippen LogP contribution is -2.45. The number of amides is 1. The van der Waals surface area contributed by atoms with Crippen molar-refractivity contribution in [3.8, 4) is 0 Å². The van der Waals surface area contributed by atoms with Gasteiger partial charge in [-0.05, 0) is 31.0 Å². The Bertz CT molecular complexity index is 742. The van der Waals surface area contributed by atoms with Crippen LogP contribution in [0.5, 0.6) is 0 Å². The first-order valence-electron chi connectivity index (χ1n) is 8.15. The lowest BCUT2D eigenvalue weighted by atomic mass is 9.97. The van der Waals surface area contributed by atoms with Gasteiger partial charge in [0.1, 0.15) is 6.04 Å². The molecule has 0 aliphatic carbocycles. The number of hydrogen-bond donors (Lipinski definition) is 2. The Morgan fingerprint density at radius 3 is 1.90 bits per heavy atom. The van der Waals surface area contributed by atoms with Crippen molar-refractivity contribution in [2.24, 2.45) is 5.92 Å². The maximum Gasteiger partial charge on any atom is 0.416 e. The zero-order valence-corrected chi connectivity index (χ0v) is 15.1. The van der Waals surface area contributed by atoms with Crippen LogP contribution in [-0.4, -0.2) is 35.6 Å². The van der Waals surface area contributed by atoms with E-state index < -0.39 is 65.3 Å². The summed E-state index contributed by atoms with van der Waals surface area (Å²) in [5, 5.41) is 11.1. The minimum atomic E-state index is -5.17. The van der Waals surface area contributed by atoms with Gasteiger partial charge in [0.15, 0.2) is 0 Å². The number of halogens is 6. The predicted molar refractivity (Wildman–Crippen MR) is 85.8 cm³/mol. The molecule has 0 spiro atoms. The maximum absolute atomic E-state index is 12.9. The van der Waals surface area contributed by atoms with Crippen molar-refractivity contribution in [1.82, 2.24) is 5.32 Å². The van der Waals surface area contributed by atoms with Crippen LogP contribution >= 0.6 is 0 Å². The quantitative estimate of drug-likeness (QED) is 0.511. The van der Waals surface area contributed by atoms with Crippen molar-refractivity contribution in [3.63, 3.8) is 0 Å². The molecule has 0 aliphatic heterocycles. The summed E-state index contributed by atoms with van der Waals surface area (Å²) in [4.78, 5) is 35.0. The van der Waals surface area contributed by atoms with Gasteiger partial charge in [-0.1, -0.05) is 6.92 Å². The van der Waals surface area contributed by atoms with Crippen LogP contribution in [0.2, 0.25) is 0 Å².